The largest absolute Gasteiger partial charge is 0.352 e. The lowest BCUT2D eigenvalue weighted by Gasteiger charge is -2.42. The van der Waals surface area contributed by atoms with Gasteiger partial charge in [-0.3, -0.25) is 9.59 Å². The third kappa shape index (κ3) is 2.82. The van der Waals surface area contributed by atoms with Gasteiger partial charge >= 0.3 is 0 Å². The molecule has 0 aliphatic carbocycles. The number of hydrogen-bond donors (Lipinski definition) is 2. The monoisotopic (exact) mass is 275 g/mol. The van der Waals surface area contributed by atoms with Gasteiger partial charge in [-0.05, 0) is 25.8 Å². The highest BCUT2D eigenvalue weighted by molar-refractivity contribution is 5.93. The Morgan fingerprint density at radius 2 is 2.05 bits per heavy atom. The maximum Gasteiger partial charge on any atom is 0.245 e. The molecule has 0 saturated carbocycles. The molecule has 0 bridgehead atoms. The van der Waals surface area contributed by atoms with Crippen LogP contribution in [0.1, 0.15) is 19.4 Å². The van der Waals surface area contributed by atoms with E-state index in [-0.39, 0.29) is 11.8 Å². The molecule has 5 heteroatoms. The van der Waals surface area contributed by atoms with E-state index >= 15 is 0 Å². The lowest BCUT2D eigenvalue weighted by atomic mass is 9.96. The molecule has 1 aromatic carbocycles. The fourth-order valence-electron chi connectivity index (χ4n) is 2.44. The van der Waals surface area contributed by atoms with Crippen LogP contribution in [0.25, 0.3) is 0 Å². The smallest absolute Gasteiger partial charge is 0.245 e. The third-order valence-electron chi connectivity index (χ3n) is 3.73. The number of amides is 2. The second kappa shape index (κ2) is 5.63. The summed E-state index contributed by atoms with van der Waals surface area (Å²) in [4.78, 5) is 25.9. The maximum absolute atomic E-state index is 12.5. The van der Waals surface area contributed by atoms with Gasteiger partial charge in [0, 0.05) is 13.1 Å². The quantitative estimate of drug-likeness (QED) is 0.832. The fraction of sp³-hybridized carbons (Fsp3) is 0.467. The van der Waals surface area contributed by atoms with E-state index in [0.29, 0.717) is 19.5 Å². The van der Waals surface area contributed by atoms with Gasteiger partial charge in [-0.15, -0.1) is 0 Å². The summed E-state index contributed by atoms with van der Waals surface area (Å²) in [5.74, 6) is -0.308. The van der Waals surface area contributed by atoms with Crippen molar-refractivity contribution >= 4 is 11.8 Å². The first-order chi connectivity index (χ1) is 9.43. The standard InChI is InChI=1S/C15H21N3O2/c1-15(2)14(20)17-8-9-18(15)13(19)12(16)10-11-6-4-3-5-7-11/h3-7,12H,8-10,16H2,1-2H3,(H,17,20)/t12-/m1/s1. The van der Waals surface area contributed by atoms with Gasteiger partial charge in [-0.2, -0.15) is 0 Å². The summed E-state index contributed by atoms with van der Waals surface area (Å²) in [5, 5.41) is 2.77. The average Bonchev–Trinajstić information content (AvgIpc) is 2.42. The Morgan fingerprint density at radius 3 is 2.70 bits per heavy atom. The van der Waals surface area contributed by atoms with E-state index in [1.807, 2.05) is 30.3 Å². The molecule has 0 aromatic heterocycles. The molecule has 1 aliphatic heterocycles. The van der Waals surface area contributed by atoms with Gasteiger partial charge in [-0.1, -0.05) is 30.3 Å². The Bertz CT molecular complexity index is 499. The number of piperazine rings is 1. The highest BCUT2D eigenvalue weighted by Crippen LogP contribution is 2.19. The number of hydrogen-bond acceptors (Lipinski definition) is 3. The van der Waals surface area contributed by atoms with E-state index in [1.165, 1.54) is 0 Å². The number of nitrogens with two attached hydrogens (primary N) is 1. The number of carbonyl (C=O) groups excluding carboxylic acids is 2. The molecule has 1 atom stereocenters. The molecule has 1 heterocycles. The number of rotatable bonds is 3. The van der Waals surface area contributed by atoms with Crippen molar-refractivity contribution in [2.75, 3.05) is 13.1 Å². The predicted octanol–water partition coefficient (Wildman–Crippen LogP) is 0.293. The molecule has 1 fully saturated rings. The minimum absolute atomic E-state index is 0.135. The van der Waals surface area contributed by atoms with Crippen molar-refractivity contribution in [3.63, 3.8) is 0 Å². The first-order valence-corrected chi connectivity index (χ1v) is 6.82. The van der Waals surface area contributed by atoms with Crippen LogP contribution in [0.4, 0.5) is 0 Å². The molecular formula is C15H21N3O2. The molecule has 0 spiro atoms. The molecule has 0 unspecified atom stereocenters. The van der Waals surface area contributed by atoms with Gasteiger partial charge in [-0.25, -0.2) is 0 Å². The number of benzene rings is 1. The molecule has 1 aliphatic rings. The van der Waals surface area contributed by atoms with Crippen LogP contribution in [0, 0.1) is 0 Å². The lowest BCUT2D eigenvalue weighted by molar-refractivity contribution is -0.150. The van der Waals surface area contributed by atoms with Crippen molar-refractivity contribution in [1.82, 2.24) is 10.2 Å². The topological polar surface area (TPSA) is 75.4 Å². The van der Waals surface area contributed by atoms with Crippen molar-refractivity contribution in [3.05, 3.63) is 35.9 Å². The van der Waals surface area contributed by atoms with E-state index < -0.39 is 11.6 Å². The molecule has 5 nitrogen and oxygen atoms in total. The highest BCUT2D eigenvalue weighted by atomic mass is 16.2. The van der Waals surface area contributed by atoms with Crippen molar-refractivity contribution in [2.45, 2.75) is 31.8 Å². The van der Waals surface area contributed by atoms with Crippen molar-refractivity contribution in [1.29, 1.82) is 0 Å². The summed E-state index contributed by atoms with van der Waals surface area (Å²) in [6.45, 7) is 4.47. The molecule has 1 saturated heterocycles. The number of nitrogens with one attached hydrogen (secondary N) is 1. The van der Waals surface area contributed by atoms with Gasteiger partial charge in [0.05, 0.1) is 6.04 Å². The van der Waals surface area contributed by atoms with Crippen LogP contribution in [-0.4, -0.2) is 41.4 Å². The maximum atomic E-state index is 12.5. The number of nitrogens with zero attached hydrogens (tertiary/aromatic N) is 1. The Kier molecular flexibility index (Phi) is 4.09. The summed E-state index contributed by atoms with van der Waals surface area (Å²) in [6, 6.07) is 9.04. The first-order valence-electron chi connectivity index (χ1n) is 6.82. The van der Waals surface area contributed by atoms with Crippen LogP contribution in [0.3, 0.4) is 0 Å². The Balaban J connectivity index is 2.08. The summed E-state index contributed by atoms with van der Waals surface area (Å²) in [7, 11) is 0. The fourth-order valence-corrected chi connectivity index (χ4v) is 2.44. The van der Waals surface area contributed by atoms with Gasteiger partial charge in [0.15, 0.2) is 0 Å². The van der Waals surface area contributed by atoms with Gasteiger partial charge < -0.3 is 16.0 Å². The Morgan fingerprint density at radius 1 is 1.40 bits per heavy atom. The van der Waals surface area contributed by atoms with Crippen LogP contribution in [0.15, 0.2) is 30.3 Å². The second-order valence-corrected chi connectivity index (χ2v) is 5.60. The molecular weight excluding hydrogens is 254 g/mol. The molecule has 1 aromatic rings. The molecule has 3 N–H and O–H groups in total. The SMILES string of the molecule is CC1(C)C(=O)NCCN1C(=O)[C@H](N)Cc1ccccc1. The molecule has 2 rings (SSSR count). The summed E-state index contributed by atoms with van der Waals surface area (Å²) >= 11 is 0. The van der Waals surface area contributed by atoms with E-state index in [9.17, 15) is 9.59 Å². The van der Waals surface area contributed by atoms with Crippen LogP contribution in [0.2, 0.25) is 0 Å². The van der Waals surface area contributed by atoms with Crippen LogP contribution in [0.5, 0.6) is 0 Å². The minimum atomic E-state index is -0.844. The normalized spacial score (nSPS) is 19.4. The lowest BCUT2D eigenvalue weighted by Crippen LogP contribution is -2.65. The Labute approximate surface area is 119 Å². The molecule has 0 radical (unpaired) electrons. The Hall–Kier alpha value is -1.88. The van der Waals surface area contributed by atoms with Crippen LogP contribution in [-0.2, 0) is 16.0 Å². The zero-order chi connectivity index (χ0) is 14.8. The van der Waals surface area contributed by atoms with Gasteiger partial charge in [0.25, 0.3) is 0 Å². The summed E-state index contributed by atoms with van der Waals surface area (Å²) in [5.41, 5.74) is 6.20. The predicted molar refractivity (Wildman–Crippen MR) is 76.9 cm³/mol. The van der Waals surface area contributed by atoms with E-state index in [4.69, 9.17) is 5.73 Å². The van der Waals surface area contributed by atoms with E-state index in [2.05, 4.69) is 5.32 Å². The minimum Gasteiger partial charge on any atom is -0.352 e. The number of carbonyl (C=O) groups is 2. The zero-order valence-electron chi connectivity index (χ0n) is 11.9. The zero-order valence-corrected chi connectivity index (χ0v) is 11.9. The molecule has 2 amide bonds. The summed E-state index contributed by atoms with van der Waals surface area (Å²) < 4.78 is 0. The van der Waals surface area contributed by atoms with Crippen molar-refractivity contribution in [2.24, 2.45) is 5.73 Å². The van der Waals surface area contributed by atoms with Crippen LogP contribution >= 0.6 is 0 Å². The van der Waals surface area contributed by atoms with Gasteiger partial charge in [0.2, 0.25) is 11.8 Å². The van der Waals surface area contributed by atoms with Crippen molar-refractivity contribution < 1.29 is 9.59 Å². The second-order valence-electron chi connectivity index (χ2n) is 5.60. The summed E-state index contributed by atoms with van der Waals surface area (Å²) in [6.07, 6.45) is 0.480. The van der Waals surface area contributed by atoms with Gasteiger partial charge in [0.1, 0.15) is 5.54 Å². The van der Waals surface area contributed by atoms with E-state index in [1.54, 1.807) is 18.7 Å². The molecule has 108 valence electrons. The third-order valence-corrected chi connectivity index (χ3v) is 3.73. The van der Waals surface area contributed by atoms with E-state index in [0.717, 1.165) is 5.56 Å². The molecule has 20 heavy (non-hydrogen) atoms. The average molecular weight is 275 g/mol. The van der Waals surface area contributed by atoms with Crippen molar-refractivity contribution in [3.8, 4) is 0 Å². The highest BCUT2D eigenvalue weighted by Gasteiger charge is 2.41. The first kappa shape index (κ1) is 14.5. The van der Waals surface area contributed by atoms with Crippen LogP contribution < -0.4 is 11.1 Å².